The highest BCUT2D eigenvalue weighted by atomic mass is 16.2. The molecular formula is C20H22N8O2. The van der Waals surface area contributed by atoms with Crippen LogP contribution < -0.4 is 15.8 Å². The third-order valence-electron chi connectivity index (χ3n) is 4.85. The van der Waals surface area contributed by atoms with Crippen LogP contribution in [-0.2, 0) is 11.3 Å². The van der Waals surface area contributed by atoms with E-state index in [0.29, 0.717) is 43.5 Å². The molecule has 0 aliphatic carbocycles. The van der Waals surface area contributed by atoms with Gasteiger partial charge in [-0.1, -0.05) is 6.07 Å². The number of anilines is 3. The molecule has 1 amide bonds. The molecule has 0 saturated carbocycles. The molecule has 1 aliphatic heterocycles. The molecule has 3 aromatic rings. The van der Waals surface area contributed by atoms with Gasteiger partial charge >= 0.3 is 0 Å². The predicted molar refractivity (Wildman–Crippen MR) is 112 cm³/mol. The highest BCUT2D eigenvalue weighted by molar-refractivity contribution is 5.76. The Bertz CT molecular complexity index is 1080. The first-order valence-corrected chi connectivity index (χ1v) is 9.64. The lowest BCUT2D eigenvalue weighted by molar-refractivity contribution is -0.132. The summed E-state index contributed by atoms with van der Waals surface area (Å²) in [6.07, 6.45) is 4.64. The smallest absolute Gasteiger partial charge is 0.253 e. The van der Waals surface area contributed by atoms with E-state index in [9.17, 15) is 9.59 Å². The second-order valence-corrected chi connectivity index (χ2v) is 6.97. The number of nitrogens with zero attached hydrogens (tertiary/aromatic N) is 7. The van der Waals surface area contributed by atoms with Gasteiger partial charge in [-0.05, 0) is 19.1 Å². The fraction of sp³-hybridized carbons (Fsp3) is 0.300. The number of amides is 1. The second kappa shape index (κ2) is 8.68. The zero-order valence-corrected chi connectivity index (χ0v) is 16.6. The molecule has 0 aromatic carbocycles. The van der Waals surface area contributed by atoms with Crippen LogP contribution in [0.3, 0.4) is 0 Å². The molecule has 4 heterocycles. The minimum absolute atomic E-state index is 0.00222. The molecule has 3 aromatic heterocycles. The lowest BCUT2D eigenvalue weighted by atomic mass is 10.3. The van der Waals surface area contributed by atoms with Crippen LogP contribution in [0.5, 0.6) is 0 Å². The van der Waals surface area contributed by atoms with Gasteiger partial charge in [-0.3, -0.25) is 14.2 Å². The van der Waals surface area contributed by atoms with Crippen molar-refractivity contribution in [1.82, 2.24) is 29.4 Å². The molecule has 10 heteroatoms. The summed E-state index contributed by atoms with van der Waals surface area (Å²) in [6, 6.07) is 8.90. The zero-order valence-electron chi connectivity index (χ0n) is 16.6. The summed E-state index contributed by atoms with van der Waals surface area (Å²) in [4.78, 5) is 45.3. The summed E-state index contributed by atoms with van der Waals surface area (Å²) in [6.45, 7) is 4.15. The number of carbonyl (C=O) groups is 1. The summed E-state index contributed by atoms with van der Waals surface area (Å²) in [5, 5.41) is 3.16. The van der Waals surface area contributed by atoms with E-state index < -0.39 is 0 Å². The maximum atomic E-state index is 12.6. The maximum absolute atomic E-state index is 12.6. The quantitative estimate of drug-likeness (QED) is 0.664. The number of carbonyl (C=O) groups excluding carboxylic acids is 1. The van der Waals surface area contributed by atoms with Crippen molar-refractivity contribution in [1.29, 1.82) is 0 Å². The fourth-order valence-electron chi connectivity index (χ4n) is 3.22. The van der Waals surface area contributed by atoms with Crippen LogP contribution in [0.2, 0.25) is 0 Å². The van der Waals surface area contributed by atoms with Crippen molar-refractivity contribution < 1.29 is 4.79 Å². The van der Waals surface area contributed by atoms with Gasteiger partial charge in [0, 0.05) is 50.2 Å². The molecular weight excluding hydrogens is 384 g/mol. The van der Waals surface area contributed by atoms with E-state index in [1.165, 1.54) is 23.3 Å². The van der Waals surface area contributed by atoms with Crippen molar-refractivity contribution in [2.45, 2.75) is 13.5 Å². The Balaban J connectivity index is 1.35. The van der Waals surface area contributed by atoms with Crippen molar-refractivity contribution in [3.05, 3.63) is 65.2 Å². The van der Waals surface area contributed by atoms with Crippen LogP contribution in [0.4, 0.5) is 17.5 Å². The molecule has 10 nitrogen and oxygen atoms in total. The molecule has 1 aliphatic rings. The van der Waals surface area contributed by atoms with Gasteiger partial charge in [0.05, 0.1) is 6.33 Å². The van der Waals surface area contributed by atoms with Crippen LogP contribution in [0, 0.1) is 6.92 Å². The SMILES string of the molecule is Cc1cc(=O)n(CC(=O)N2CCN(c3cc(Nc4ccccn4)ncn3)CC2)cn1. The lowest BCUT2D eigenvalue weighted by Crippen LogP contribution is -2.50. The summed E-state index contributed by atoms with van der Waals surface area (Å²) in [5.74, 6) is 2.05. The molecule has 0 atom stereocenters. The number of rotatable bonds is 5. The molecule has 1 saturated heterocycles. The summed E-state index contributed by atoms with van der Waals surface area (Å²) < 4.78 is 1.34. The summed E-state index contributed by atoms with van der Waals surface area (Å²) in [5.41, 5.74) is 0.419. The molecule has 1 fully saturated rings. The average Bonchev–Trinajstić information content (AvgIpc) is 2.77. The molecule has 1 N–H and O–H groups in total. The van der Waals surface area contributed by atoms with E-state index in [0.717, 1.165) is 5.82 Å². The first kappa shape index (κ1) is 19.5. The van der Waals surface area contributed by atoms with Gasteiger partial charge in [-0.25, -0.2) is 19.9 Å². The number of piperazine rings is 1. The van der Waals surface area contributed by atoms with Crippen molar-refractivity contribution in [2.75, 3.05) is 36.4 Å². The maximum Gasteiger partial charge on any atom is 0.253 e. The van der Waals surface area contributed by atoms with E-state index >= 15 is 0 Å². The standard InChI is InChI=1S/C20H22N8O2/c1-15-10-19(29)28(14-24-15)12-20(30)27-8-6-26(7-9-27)18-11-17(22-13-23-18)25-16-4-2-3-5-21-16/h2-5,10-11,13-14H,6-9,12H2,1H3,(H,21,22,23,25). The van der Waals surface area contributed by atoms with E-state index in [1.807, 2.05) is 24.3 Å². The molecule has 0 unspecified atom stereocenters. The van der Waals surface area contributed by atoms with Crippen molar-refractivity contribution in [2.24, 2.45) is 0 Å². The second-order valence-electron chi connectivity index (χ2n) is 6.97. The number of aromatic nitrogens is 5. The van der Waals surface area contributed by atoms with Crippen LogP contribution >= 0.6 is 0 Å². The third kappa shape index (κ3) is 4.59. The minimum Gasteiger partial charge on any atom is -0.353 e. The third-order valence-corrected chi connectivity index (χ3v) is 4.85. The number of hydrogen-bond acceptors (Lipinski definition) is 8. The summed E-state index contributed by atoms with van der Waals surface area (Å²) in [7, 11) is 0. The predicted octanol–water partition coefficient (Wildman–Crippen LogP) is 0.829. The Kier molecular flexibility index (Phi) is 5.64. The first-order valence-electron chi connectivity index (χ1n) is 9.64. The van der Waals surface area contributed by atoms with E-state index in [4.69, 9.17) is 0 Å². The van der Waals surface area contributed by atoms with Crippen LogP contribution in [-0.4, -0.2) is 61.5 Å². The Morgan fingerprint density at radius 2 is 1.87 bits per heavy atom. The normalized spacial score (nSPS) is 13.9. The Labute approximate surface area is 173 Å². The topological polar surface area (TPSA) is 109 Å². The van der Waals surface area contributed by atoms with Crippen LogP contribution in [0.15, 0.2) is 54.0 Å². The molecule has 0 radical (unpaired) electrons. The molecule has 0 bridgehead atoms. The van der Waals surface area contributed by atoms with Crippen LogP contribution in [0.25, 0.3) is 0 Å². The Morgan fingerprint density at radius 3 is 2.60 bits per heavy atom. The highest BCUT2D eigenvalue weighted by Gasteiger charge is 2.22. The largest absolute Gasteiger partial charge is 0.353 e. The van der Waals surface area contributed by atoms with Crippen LogP contribution in [0.1, 0.15) is 5.69 Å². The first-order chi connectivity index (χ1) is 14.6. The Hall–Kier alpha value is -3.82. The van der Waals surface area contributed by atoms with Gasteiger partial charge in [-0.2, -0.15) is 0 Å². The van der Waals surface area contributed by atoms with Gasteiger partial charge < -0.3 is 15.1 Å². The summed E-state index contributed by atoms with van der Waals surface area (Å²) >= 11 is 0. The van der Waals surface area contributed by atoms with Gasteiger partial charge in [0.15, 0.2) is 0 Å². The number of aryl methyl sites for hydroxylation is 1. The lowest BCUT2D eigenvalue weighted by Gasteiger charge is -2.35. The minimum atomic E-state index is -0.219. The molecule has 0 spiro atoms. The molecule has 30 heavy (non-hydrogen) atoms. The average molecular weight is 406 g/mol. The highest BCUT2D eigenvalue weighted by Crippen LogP contribution is 2.18. The number of nitrogens with one attached hydrogen (secondary N) is 1. The van der Waals surface area contributed by atoms with Crippen molar-refractivity contribution in [3.63, 3.8) is 0 Å². The van der Waals surface area contributed by atoms with E-state index in [1.54, 1.807) is 18.0 Å². The number of pyridine rings is 1. The van der Waals surface area contributed by atoms with Gasteiger partial charge in [0.25, 0.3) is 5.56 Å². The monoisotopic (exact) mass is 406 g/mol. The Morgan fingerprint density at radius 1 is 1.03 bits per heavy atom. The fourth-order valence-corrected chi connectivity index (χ4v) is 3.22. The van der Waals surface area contributed by atoms with Crippen molar-refractivity contribution >= 4 is 23.4 Å². The van der Waals surface area contributed by atoms with E-state index in [2.05, 4.69) is 30.2 Å². The number of hydrogen-bond donors (Lipinski definition) is 1. The van der Waals surface area contributed by atoms with Crippen molar-refractivity contribution in [3.8, 4) is 0 Å². The molecule has 4 rings (SSSR count). The molecule has 154 valence electrons. The van der Waals surface area contributed by atoms with Gasteiger partial charge in [-0.15, -0.1) is 0 Å². The van der Waals surface area contributed by atoms with Gasteiger partial charge in [0.1, 0.15) is 30.3 Å². The zero-order chi connectivity index (χ0) is 20.9. The van der Waals surface area contributed by atoms with Gasteiger partial charge in [0.2, 0.25) is 5.91 Å². The van der Waals surface area contributed by atoms with E-state index in [-0.39, 0.29) is 18.0 Å².